The van der Waals surface area contributed by atoms with Crippen molar-refractivity contribution >= 4 is 26.8 Å². The van der Waals surface area contributed by atoms with Gasteiger partial charge in [-0.1, -0.05) is 158 Å². The molecule has 0 unspecified atom stereocenters. The van der Waals surface area contributed by atoms with E-state index in [1.54, 1.807) is 0 Å². The fraction of sp³-hybridized carbons (Fsp3) is 0.122. The van der Waals surface area contributed by atoms with Crippen molar-refractivity contribution in [3.63, 3.8) is 0 Å². The van der Waals surface area contributed by atoms with Crippen molar-refractivity contribution in [1.29, 1.82) is 0 Å². The zero-order chi connectivity index (χ0) is 29.7. The Kier molecular flexibility index (Phi) is 8.81. The van der Waals surface area contributed by atoms with Crippen molar-refractivity contribution in [1.82, 2.24) is 4.44 Å². The second-order valence-electron chi connectivity index (χ2n) is 11.4. The molecule has 0 aromatic heterocycles. The van der Waals surface area contributed by atoms with Crippen LogP contribution >= 0.6 is 16.1 Å². The molecular weight excluding hydrogens is 568 g/mol. The van der Waals surface area contributed by atoms with E-state index in [9.17, 15) is 0 Å². The van der Waals surface area contributed by atoms with Crippen LogP contribution in [0.2, 0.25) is 0 Å². The highest BCUT2D eigenvalue weighted by Gasteiger charge is 2.42. The lowest BCUT2D eigenvalue weighted by atomic mass is 10.0. The van der Waals surface area contributed by atoms with E-state index in [0.717, 1.165) is 0 Å². The summed E-state index contributed by atoms with van der Waals surface area (Å²) in [6.45, 7) is 0. The number of hydrogen-bond acceptors (Lipinski definition) is 1. The van der Waals surface area contributed by atoms with Gasteiger partial charge in [-0.25, -0.2) is 0 Å². The summed E-state index contributed by atoms with van der Waals surface area (Å²) in [5.41, 5.74) is 9.11. The first-order chi connectivity index (χ1) is 21.8. The fourth-order valence-corrected chi connectivity index (χ4v) is 13.8. The maximum atomic E-state index is 2.83. The number of rotatable bonds is 8. The predicted octanol–water partition coefficient (Wildman–Crippen LogP) is 11.0. The number of hydrogen-bond donors (Lipinski definition) is 0. The highest BCUT2D eigenvalue weighted by molar-refractivity contribution is 7.79. The Morgan fingerprint density at radius 3 is 1.23 bits per heavy atom. The summed E-state index contributed by atoms with van der Waals surface area (Å²) < 4.78 is 2.83. The second kappa shape index (κ2) is 13.4. The molecule has 3 heteroatoms. The first-order valence-electron chi connectivity index (χ1n) is 15.5. The van der Waals surface area contributed by atoms with Crippen LogP contribution in [0.3, 0.4) is 0 Å². The van der Waals surface area contributed by atoms with Crippen molar-refractivity contribution in [3.8, 4) is 22.3 Å². The molecule has 44 heavy (non-hydrogen) atoms. The Hall–Kier alpha value is -3.86. The molecule has 6 aromatic rings. The molecule has 0 bridgehead atoms. The van der Waals surface area contributed by atoms with Gasteiger partial charge in [0.2, 0.25) is 0 Å². The Labute approximate surface area is 264 Å². The minimum Gasteiger partial charge on any atom is -0.254 e. The van der Waals surface area contributed by atoms with Crippen LogP contribution in [-0.4, -0.2) is 11.5 Å². The SMILES string of the molecule is CN(P(c1cccc(-c2ccccc2)c1)c1cccc(-c2ccccc2)c1)P1[C@H](c2ccccc2)CC[C@H]1c1ccccc1. The minimum atomic E-state index is -0.808. The van der Waals surface area contributed by atoms with Gasteiger partial charge < -0.3 is 0 Å². The molecule has 1 nitrogen and oxygen atoms in total. The summed E-state index contributed by atoms with van der Waals surface area (Å²) in [4.78, 5) is 0. The highest BCUT2D eigenvalue weighted by Crippen LogP contribution is 2.75. The summed E-state index contributed by atoms with van der Waals surface area (Å²) in [5, 5.41) is 2.81. The molecular formula is C41H37NP2. The van der Waals surface area contributed by atoms with Gasteiger partial charge in [0.05, 0.1) is 0 Å². The van der Waals surface area contributed by atoms with Gasteiger partial charge in [0, 0.05) is 19.4 Å². The first kappa shape index (κ1) is 28.9. The summed E-state index contributed by atoms with van der Waals surface area (Å²) in [6.07, 6.45) is 2.44. The van der Waals surface area contributed by atoms with Gasteiger partial charge in [-0.2, -0.15) is 0 Å². The zero-order valence-corrected chi connectivity index (χ0v) is 26.9. The molecule has 0 spiro atoms. The minimum absolute atomic E-state index is 0.529. The van der Waals surface area contributed by atoms with E-state index in [4.69, 9.17) is 0 Å². The summed E-state index contributed by atoms with van der Waals surface area (Å²) >= 11 is 0. The summed E-state index contributed by atoms with van der Waals surface area (Å²) in [7, 11) is 1.08. The third kappa shape index (κ3) is 6.06. The zero-order valence-electron chi connectivity index (χ0n) is 25.1. The van der Waals surface area contributed by atoms with Gasteiger partial charge >= 0.3 is 0 Å². The third-order valence-electron chi connectivity index (χ3n) is 8.74. The lowest BCUT2D eigenvalue weighted by Crippen LogP contribution is -2.24. The molecule has 0 aliphatic carbocycles. The van der Waals surface area contributed by atoms with Crippen LogP contribution in [0, 0.1) is 0 Å². The summed E-state index contributed by atoms with van der Waals surface area (Å²) in [5.74, 6) is 0. The molecule has 0 saturated carbocycles. The average molecular weight is 606 g/mol. The van der Waals surface area contributed by atoms with Gasteiger partial charge in [0.1, 0.15) is 0 Å². The molecule has 0 radical (unpaired) electrons. The van der Waals surface area contributed by atoms with E-state index in [1.807, 2.05) is 0 Å². The van der Waals surface area contributed by atoms with Crippen molar-refractivity contribution in [2.45, 2.75) is 24.2 Å². The number of benzene rings is 6. The normalized spacial score (nSPS) is 16.9. The smallest absolute Gasteiger partial charge is 0.0316 e. The van der Waals surface area contributed by atoms with E-state index < -0.39 is 16.1 Å². The van der Waals surface area contributed by atoms with E-state index in [-0.39, 0.29) is 0 Å². The second-order valence-corrected chi connectivity index (χ2v) is 16.6. The van der Waals surface area contributed by atoms with Crippen molar-refractivity contribution in [2.75, 3.05) is 7.05 Å². The molecule has 0 amide bonds. The standard InChI is InChI=1S/C41H37NP2/c1-42(44-40(34-20-10-4-11-21-34)28-29-41(44)35-22-12-5-13-23-35)43(38-26-14-24-36(30-38)32-16-6-2-7-17-32)39-27-15-25-37(31-39)33-18-8-3-9-19-33/h2-27,30-31,40-41H,28-29H2,1H3/t40-,41-/m0/s1. The van der Waals surface area contributed by atoms with Crippen molar-refractivity contribution < 1.29 is 0 Å². The molecule has 2 atom stereocenters. The van der Waals surface area contributed by atoms with Crippen LogP contribution in [0.4, 0.5) is 0 Å². The third-order valence-corrected chi connectivity index (χ3v) is 15.1. The predicted molar refractivity (Wildman–Crippen MR) is 192 cm³/mol. The Morgan fingerprint density at radius 2 is 0.818 bits per heavy atom. The fourth-order valence-electron chi connectivity index (χ4n) is 6.67. The van der Waals surface area contributed by atoms with E-state index in [1.165, 1.54) is 56.8 Å². The van der Waals surface area contributed by atoms with Crippen molar-refractivity contribution in [3.05, 3.63) is 181 Å². The Balaban J connectivity index is 1.38. The maximum Gasteiger partial charge on any atom is 0.0316 e. The van der Waals surface area contributed by atoms with Gasteiger partial charge in [0.15, 0.2) is 0 Å². The van der Waals surface area contributed by atoms with Crippen LogP contribution in [-0.2, 0) is 0 Å². The quantitative estimate of drug-likeness (QED) is 0.156. The van der Waals surface area contributed by atoms with Crippen LogP contribution in [0.5, 0.6) is 0 Å². The van der Waals surface area contributed by atoms with E-state index >= 15 is 0 Å². The molecule has 1 aliphatic rings. The Bertz CT molecular complexity index is 1660. The maximum absolute atomic E-state index is 2.83. The highest BCUT2D eigenvalue weighted by atomic mass is 31.2. The molecule has 7 rings (SSSR count). The average Bonchev–Trinajstić information content (AvgIpc) is 3.56. The van der Waals surface area contributed by atoms with Gasteiger partial charge in [0.25, 0.3) is 0 Å². The molecule has 1 heterocycles. The van der Waals surface area contributed by atoms with Gasteiger partial charge in [-0.3, -0.25) is 4.44 Å². The number of nitrogens with zero attached hydrogens (tertiary/aromatic N) is 1. The molecule has 216 valence electrons. The lowest BCUT2D eigenvalue weighted by molar-refractivity contribution is 0.765. The van der Waals surface area contributed by atoms with Crippen LogP contribution in [0.15, 0.2) is 170 Å². The largest absolute Gasteiger partial charge is 0.254 e. The monoisotopic (exact) mass is 605 g/mol. The van der Waals surface area contributed by atoms with E-state index in [2.05, 4.69) is 181 Å². The van der Waals surface area contributed by atoms with Gasteiger partial charge in [-0.05, 0) is 84.1 Å². The first-order valence-corrected chi connectivity index (χ1v) is 18.2. The lowest BCUT2D eigenvalue weighted by Gasteiger charge is -2.40. The topological polar surface area (TPSA) is 3.24 Å². The molecule has 0 N–H and O–H groups in total. The molecule has 6 aromatic carbocycles. The molecule has 1 saturated heterocycles. The molecule has 1 fully saturated rings. The van der Waals surface area contributed by atoms with Crippen LogP contribution in [0.25, 0.3) is 22.3 Å². The molecule has 1 aliphatic heterocycles. The van der Waals surface area contributed by atoms with Gasteiger partial charge in [-0.15, -0.1) is 0 Å². The van der Waals surface area contributed by atoms with Crippen LogP contribution in [0.1, 0.15) is 35.3 Å². The van der Waals surface area contributed by atoms with E-state index in [0.29, 0.717) is 11.3 Å². The van der Waals surface area contributed by atoms with Crippen LogP contribution < -0.4 is 10.6 Å². The van der Waals surface area contributed by atoms with Crippen molar-refractivity contribution in [2.24, 2.45) is 0 Å². The Morgan fingerprint density at radius 1 is 0.455 bits per heavy atom. The summed E-state index contributed by atoms with van der Waals surface area (Å²) in [6, 6.07) is 62.9.